The number of carbonyl (C=O) groups is 1. The summed E-state index contributed by atoms with van der Waals surface area (Å²) in [6, 6.07) is 0.497. The smallest absolute Gasteiger partial charge is 0.219 e. The second-order valence-electron chi connectivity index (χ2n) is 4.89. The maximum atomic E-state index is 11.0. The monoisotopic (exact) mass is 267 g/mol. The predicted molar refractivity (Wildman–Crippen MR) is 74.8 cm³/mol. The van der Waals surface area contributed by atoms with E-state index >= 15 is 0 Å². The van der Waals surface area contributed by atoms with Gasteiger partial charge in [-0.3, -0.25) is 9.48 Å². The standard InChI is InChI=1S/C13H25N5O/c1-4-13(19)15-7-5-9-18-10-12(16-17-18)6-8-14-11(2)3/h10-11,14H,4-9H2,1-3H3,(H,15,19). The number of hydrogen-bond acceptors (Lipinski definition) is 4. The van der Waals surface area contributed by atoms with Crippen LogP contribution in [0.1, 0.15) is 39.3 Å². The minimum Gasteiger partial charge on any atom is -0.356 e. The molecule has 0 saturated carbocycles. The van der Waals surface area contributed by atoms with E-state index in [1.807, 2.05) is 17.8 Å². The molecule has 1 aromatic heterocycles. The lowest BCUT2D eigenvalue weighted by Crippen LogP contribution is -2.25. The highest BCUT2D eigenvalue weighted by Gasteiger charge is 2.02. The number of hydrogen-bond donors (Lipinski definition) is 2. The van der Waals surface area contributed by atoms with Crippen LogP contribution >= 0.6 is 0 Å². The number of aromatic nitrogens is 3. The first-order chi connectivity index (χ1) is 9.11. The Bertz CT molecular complexity index is 375. The van der Waals surface area contributed by atoms with E-state index in [2.05, 4.69) is 34.8 Å². The van der Waals surface area contributed by atoms with E-state index in [0.717, 1.165) is 31.6 Å². The van der Waals surface area contributed by atoms with Crippen LogP contribution in [0.2, 0.25) is 0 Å². The number of nitrogens with zero attached hydrogens (tertiary/aromatic N) is 3. The minimum atomic E-state index is 0.0963. The number of nitrogens with one attached hydrogen (secondary N) is 2. The molecule has 0 aromatic carbocycles. The molecule has 0 unspecified atom stereocenters. The van der Waals surface area contributed by atoms with Gasteiger partial charge in [0.05, 0.1) is 5.69 Å². The summed E-state index contributed by atoms with van der Waals surface area (Å²) < 4.78 is 1.84. The highest BCUT2D eigenvalue weighted by molar-refractivity contribution is 5.75. The van der Waals surface area contributed by atoms with Gasteiger partial charge in [-0.2, -0.15) is 0 Å². The van der Waals surface area contributed by atoms with Crippen molar-refractivity contribution in [2.45, 2.75) is 52.6 Å². The van der Waals surface area contributed by atoms with E-state index in [-0.39, 0.29) is 5.91 Å². The maximum absolute atomic E-state index is 11.0. The first-order valence-corrected chi connectivity index (χ1v) is 7.01. The zero-order valence-electron chi connectivity index (χ0n) is 12.1. The lowest BCUT2D eigenvalue weighted by molar-refractivity contribution is -0.120. The first kappa shape index (κ1) is 15.6. The van der Waals surface area contributed by atoms with Crippen LogP contribution in [-0.2, 0) is 17.8 Å². The molecule has 1 heterocycles. The van der Waals surface area contributed by atoms with Gasteiger partial charge in [0.15, 0.2) is 0 Å². The van der Waals surface area contributed by atoms with E-state index < -0.39 is 0 Å². The average molecular weight is 267 g/mol. The van der Waals surface area contributed by atoms with Crippen molar-refractivity contribution >= 4 is 5.91 Å². The highest BCUT2D eigenvalue weighted by Crippen LogP contribution is 1.95. The Morgan fingerprint density at radius 2 is 2.21 bits per heavy atom. The molecule has 1 rings (SSSR count). The fourth-order valence-corrected chi connectivity index (χ4v) is 1.65. The number of rotatable bonds is 9. The van der Waals surface area contributed by atoms with Crippen molar-refractivity contribution in [2.75, 3.05) is 13.1 Å². The zero-order valence-corrected chi connectivity index (χ0v) is 12.1. The fraction of sp³-hybridized carbons (Fsp3) is 0.769. The van der Waals surface area contributed by atoms with Gasteiger partial charge < -0.3 is 10.6 Å². The number of amides is 1. The Hall–Kier alpha value is -1.43. The Balaban J connectivity index is 2.17. The topological polar surface area (TPSA) is 71.8 Å². The van der Waals surface area contributed by atoms with Crippen molar-refractivity contribution < 1.29 is 4.79 Å². The van der Waals surface area contributed by atoms with Gasteiger partial charge in [0.25, 0.3) is 0 Å². The Morgan fingerprint density at radius 3 is 2.89 bits per heavy atom. The second-order valence-corrected chi connectivity index (χ2v) is 4.89. The van der Waals surface area contributed by atoms with Crippen molar-refractivity contribution in [3.63, 3.8) is 0 Å². The van der Waals surface area contributed by atoms with Crippen LogP contribution in [-0.4, -0.2) is 40.0 Å². The number of aryl methyl sites for hydroxylation is 1. The molecular weight excluding hydrogens is 242 g/mol. The van der Waals surface area contributed by atoms with Gasteiger partial charge in [0.1, 0.15) is 0 Å². The van der Waals surface area contributed by atoms with E-state index in [1.165, 1.54) is 0 Å². The van der Waals surface area contributed by atoms with Crippen LogP contribution in [0.5, 0.6) is 0 Å². The molecule has 1 aromatic rings. The van der Waals surface area contributed by atoms with Crippen LogP contribution in [0.3, 0.4) is 0 Å². The van der Waals surface area contributed by atoms with Crippen molar-refractivity contribution in [1.29, 1.82) is 0 Å². The second kappa shape index (κ2) is 8.63. The molecule has 0 aliphatic carbocycles. The highest BCUT2D eigenvalue weighted by atomic mass is 16.1. The van der Waals surface area contributed by atoms with Gasteiger partial charge >= 0.3 is 0 Å². The molecule has 0 fully saturated rings. The molecule has 0 aliphatic heterocycles. The maximum Gasteiger partial charge on any atom is 0.219 e. The van der Waals surface area contributed by atoms with E-state index in [4.69, 9.17) is 0 Å². The SMILES string of the molecule is CCC(=O)NCCCn1cc(CCNC(C)C)nn1. The summed E-state index contributed by atoms with van der Waals surface area (Å²) in [6.45, 7) is 8.50. The van der Waals surface area contributed by atoms with Crippen LogP contribution in [0, 0.1) is 0 Å². The normalized spacial score (nSPS) is 10.9. The lowest BCUT2D eigenvalue weighted by Gasteiger charge is -2.05. The van der Waals surface area contributed by atoms with Gasteiger partial charge in [-0.05, 0) is 6.42 Å². The molecule has 19 heavy (non-hydrogen) atoms. The quantitative estimate of drug-likeness (QED) is 0.647. The molecule has 6 nitrogen and oxygen atoms in total. The van der Waals surface area contributed by atoms with Gasteiger partial charge in [0.2, 0.25) is 5.91 Å². The van der Waals surface area contributed by atoms with Crippen LogP contribution in [0.25, 0.3) is 0 Å². The van der Waals surface area contributed by atoms with Crippen molar-refractivity contribution in [1.82, 2.24) is 25.6 Å². The molecule has 2 N–H and O–H groups in total. The van der Waals surface area contributed by atoms with Crippen LogP contribution < -0.4 is 10.6 Å². The minimum absolute atomic E-state index is 0.0963. The van der Waals surface area contributed by atoms with E-state index in [9.17, 15) is 4.79 Å². The zero-order chi connectivity index (χ0) is 14.1. The Morgan fingerprint density at radius 1 is 1.42 bits per heavy atom. The molecule has 0 radical (unpaired) electrons. The average Bonchev–Trinajstić information content (AvgIpc) is 2.82. The summed E-state index contributed by atoms with van der Waals surface area (Å²) >= 11 is 0. The molecule has 0 bridgehead atoms. The van der Waals surface area contributed by atoms with E-state index in [1.54, 1.807) is 0 Å². The van der Waals surface area contributed by atoms with Gasteiger partial charge in [-0.15, -0.1) is 5.10 Å². The summed E-state index contributed by atoms with van der Waals surface area (Å²) in [5.41, 5.74) is 1.01. The van der Waals surface area contributed by atoms with Gasteiger partial charge in [0, 0.05) is 44.7 Å². The molecule has 1 amide bonds. The van der Waals surface area contributed by atoms with Crippen LogP contribution in [0.4, 0.5) is 0 Å². The van der Waals surface area contributed by atoms with Crippen molar-refractivity contribution in [3.05, 3.63) is 11.9 Å². The summed E-state index contributed by atoms with van der Waals surface area (Å²) in [5, 5.41) is 14.4. The lowest BCUT2D eigenvalue weighted by atomic mass is 10.3. The first-order valence-electron chi connectivity index (χ1n) is 7.01. The third kappa shape index (κ3) is 6.91. The molecule has 0 aliphatic rings. The van der Waals surface area contributed by atoms with Crippen LogP contribution in [0.15, 0.2) is 6.20 Å². The summed E-state index contributed by atoms with van der Waals surface area (Å²) in [5.74, 6) is 0.0963. The third-order valence-electron chi connectivity index (χ3n) is 2.73. The fourth-order valence-electron chi connectivity index (χ4n) is 1.65. The third-order valence-corrected chi connectivity index (χ3v) is 2.73. The summed E-state index contributed by atoms with van der Waals surface area (Å²) in [4.78, 5) is 11.0. The molecule has 0 saturated heterocycles. The summed E-state index contributed by atoms with van der Waals surface area (Å²) in [7, 11) is 0. The molecule has 0 spiro atoms. The van der Waals surface area contributed by atoms with Gasteiger partial charge in [-0.1, -0.05) is 26.0 Å². The number of carbonyl (C=O) groups excluding carboxylic acids is 1. The molecular formula is C13H25N5O. The van der Waals surface area contributed by atoms with E-state index in [0.29, 0.717) is 19.0 Å². The summed E-state index contributed by atoms with van der Waals surface area (Å²) in [6.07, 6.45) is 4.28. The van der Waals surface area contributed by atoms with Gasteiger partial charge in [-0.25, -0.2) is 0 Å². The van der Waals surface area contributed by atoms with Crippen molar-refractivity contribution in [3.8, 4) is 0 Å². The predicted octanol–water partition coefficient (Wildman–Crippen LogP) is 0.735. The Kier molecular flexibility index (Phi) is 7.10. The van der Waals surface area contributed by atoms with Crippen molar-refractivity contribution in [2.24, 2.45) is 0 Å². The molecule has 6 heteroatoms. The molecule has 0 atom stereocenters. The largest absolute Gasteiger partial charge is 0.356 e. The molecule has 108 valence electrons. The Labute approximate surface area is 115 Å².